The molecule has 0 spiro atoms. The summed E-state index contributed by atoms with van der Waals surface area (Å²) in [5.74, 6) is 0. The van der Waals surface area contributed by atoms with Crippen LogP contribution in [0.2, 0.25) is 30.7 Å². The van der Waals surface area contributed by atoms with Gasteiger partial charge in [-0.1, -0.05) is 19.6 Å². The van der Waals surface area contributed by atoms with E-state index >= 15 is 0 Å². The molecule has 114 valence electrons. The Balaban J connectivity index is 2.81. The van der Waals surface area contributed by atoms with E-state index in [-0.39, 0.29) is 6.73 Å². The summed E-state index contributed by atoms with van der Waals surface area (Å²) in [6.07, 6.45) is -3.93. The van der Waals surface area contributed by atoms with Crippen molar-refractivity contribution < 1.29 is 29.5 Å². The van der Waals surface area contributed by atoms with Gasteiger partial charge in [-0.3, -0.25) is 4.79 Å². The van der Waals surface area contributed by atoms with Crippen molar-refractivity contribution in [3.05, 3.63) is 27.1 Å². The Morgan fingerprint density at radius 2 is 2.00 bits per heavy atom. The lowest BCUT2D eigenvalue weighted by Gasteiger charge is -2.15. The van der Waals surface area contributed by atoms with E-state index < -0.39 is 30.4 Å². The van der Waals surface area contributed by atoms with E-state index in [1.807, 2.05) is 0 Å². The lowest BCUT2D eigenvalue weighted by molar-refractivity contribution is -0.297. The standard InChI is InChI=1S/C11H17ClF3N2O2Si/c1-20(2,3)5-4-19-7-17-10(18)9(11(13,14)15)8(12)6-16-17/h6,12H,4-5,7H2,1-3H3/q+1. The first-order valence-corrected chi connectivity index (χ1v) is 10.1. The summed E-state index contributed by atoms with van der Waals surface area (Å²) in [5.41, 5.74) is -2.63. The quantitative estimate of drug-likeness (QED) is 0.615. The van der Waals surface area contributed by atoms with Crippen LogP contribution < -0.4 is 5.56 Å². The number of hydrogen-bond acceptors (Lipinski definition) is 3. The van der Waals surface area contributed by atoms with Gasteiger partial charge in [0.25, 0.3) is 10.6 Å². The Labute approximate surface area is 120 Å². The summed E-state index contributed by atoms with van der Waals surface area (Å²) >= 11 is 4.50. The second-order valence-electron chi connectivity index (χ2n) is 5.53. The Bertz CT molecular complexity index is 526. The minimum absolute atomic E-state index is 0.304. The Morgan fingerprint density at radius 3 is 2.50 bits per heavy atom. The molecule has 0 radical (unpaired) electrons. The zero-order chi connectivity index (χ0) is 15.6. The maximum Gasteiger partial charge on any atom is 0.427 e. The highest BCUT2D eigenvalue weighted by atomic mass is 35.5. The molecule has 0 bridgehead atoms. The van der Waals surface area contributed by atoms with Crippen molar-refractivity contribution in [1.29, 1.82) is 0 Å². The third-order valence-corrected chi connectivity index (χ3v) is 4.52. The molecule has 1 rings (SSSR count). The van der Waals surface area contributed by atoms with Crippen LogP contribution in [0.3, 0.4) is 0 Å². The molecule has 0 atom stereocenters. The molecule has 4 nitrogen and oxygen atoms in total. The third kappa shape index (κ3) is 4.91. The van der Waals surface area contributed by atoms with Crippen LogP contribution in [0.1, 0.15) is 5.56 Å². The first-order valence-electron chi connectivity index (χ1n) is 5.94. The van der Waals surface area contributed by atoms with E-state index in [2.05, 4.69) is 36.3 Å². The van der Waals surface area contributed by atoms with Crippen molar-refractivity contribution in [2.45, 2.75) is 38.6 Å². The Kier molecular flexibility index (Phi) is 5.39. The summed E-state index contributed by atoms with van der Waals surface area (Å²) in [7, 11) is -1.29. The van der Waals surface area contributed by atoms with Crippen LogP contribution in [0.4, 0.5) is 13.2 Å². The number of ether oxygens (including phenoxy) is 1. The van der Waals surface area contributed by atoms with E-state index in [4.69, 9.17) is 4.74 Å². The van der Waals surface area contributed by atoms with Crippen molar-refractivity contribution in [2.75, 3.05) is 6.61 Å². The third-order valence-electron chi connectivity index (χ3n) is 2.50. The number of halogens is 4. The minimum Gasteiger partial charge on any atom is -0.359 e. The van der Waals surface area contributed by atoms with Gasteiger partial charge in [0.15, 0.2) is 17.2 Å². The second kappa shape index (κ2) is 6.27. The molecule has 0 saturated carbocycles. The fraction of sp³-hybridized carbons (Fsp3) is 0.636. The summed E-state index contributed by atoms with van der Waals surface area (Å²) < 4.78 is 43.9. The fourth-order valence-corrected chi connectivity index (χ4v) is 2.36. The van der Waals surface area contributed by atoms with Gasteiger partial charge in [-0.25, -0.2) is 4.68 Å². The number of hydrogen-bond donors (Lipinski definition) is 0. The van der Waals surface area contributed by atoms with Crippen LogP contribution in [0.15, 0.2) is 11.0 Å². The van der Waals surface area contributed by atoms with Crippen molar-refractivity contribution in [1.82, 2.24) is 9.78 Å². The van der Waals surface area contributed by atoms with Crippen LogP contribution in [-0.2, 0) is 17.6 Å². The average Bonchev–Trinajstić information content (AvgIpc) is 2.23. The van der Waals surface area contributed by atoms with Gasteiger partial charge in [0.1, 0.15) is 12.9 Å². The SMILES string of the molecule is C[Si](C)(C)CCOCn1ncc([ClH+])c(C(F)(F)F)c1=O. The van der Waals surface area contributed by atoms with Gasteiger partial charge >= 0.3 is 6.18 Å². The zero-order valence-corrected chi connectivity index (χ0v) is 13.3. The first kappa shape index (κ1) is 17.2. The number of rotatable bonds is 5. The highest BCUT2D eigenvalue weighted by molar-refractivity contribution is 6.76. The number of aromatic nitrogens is 2. The molecule has 0 N–H and O–H groups in total. The van der Waals surface area contributed by atoms with Gasteiger partial charge < -0.3 is 4.74 Å². The first-order chi connectivity index (χ1) is 9.02. The number of nitrogens with zero attached hydrogens (tertiary/aromatic N) is 2. The van der Waals surface area contributed by atoms with Crippen molar-refractivity contribution in [3.8, 4) is 0 Å². The maximum absolute atomic E-state index is 12.7. The van der Waals surface area contributed by atoms with Gasteiger partial charge in [-0.05, 0) is 6.04 Å². The van der Waals surface area contributed by atoms with Crippen molar-refractivity contribution in [2.24, 2.45) is 0 Å². The molecule has 20 heavy (non-hydrogen) atoms. The maximum atomic E-state index is 12.7. The second-order valence-corrected chi connectivity index (χ2v) is 11.6. The summed E-state index contributed by atoms with van der Waals surface area (Å²) in [5, 5.41) is 2.98. The summed E-state index contributed by atoms with van der Waals surface area (Å²) in [6, 6.07) is 0.854. The summed E-state index contributed by atoms with van der Waals surface area (Å²) in [4.78, 5) is 11.7. The molecule has 0 aliphatic carbocycles. The van der Waals surface area contributed by atoms with Crippen LogP contribution in [0.25, 0.3) is 0 Å². The predicted molar refractivity (Wildman–Crippen MR) is 68.2 cm³/mol. The highest BCUT2D eigenvalue weighted by Gasteiger charge is 2.40. The van der Waals surface area contributed by atoms with E-state index in [1.165, 1.54) is 0 Å². The van der Waals surface area contributed by atoms with Crippen LogP contribution >= 0.6 is 0 Å². The topological polar surface area (TPSA) is 44.1 Å². The molecular weight excluding hydrogens is 313 g/mol. The molecule has 0 unspecified atom stereocenters. The lowest BCUT2D eigenvalue weighted by Crippen LogP contribution is -2.32. The van der Waals surface area contributed by atoms with Crippen molar-refractivity contribution in [3.63, 3.8) is 0 Å². The van der Waals surface area contributed by atoms with Gasteiger partial charge in [-0.2, -0.15) is 18.3 Å². The average molecular weight is 330 g/mol. The van der Waals surface area contributed by atoms with Crippen molar-refractivity contribution >= 4 is 8.07 Å². The monoisotopic (exact) mass is 329 g/mol. The lowest BCUT2D eigenvalue weighted by atomic mass is 10.3. The molecule has 9 heteroatoms. The largest absolute Gasteiger partial charge is 0.427 e. The Hall–Kier alpha value is -0.863. The number of alkyl halides is 3. The molecular formula is C11H17ClF3N2O2Si+. The van der Waals surface area contributed by atoms with Gasteiger partial charge in [0.05, 0.1) is 0 Å². The molecule has 1 aromatic heterocycles. The Morgan fingerprint density at radius 1 is 1.40 bits per heavy atom. The van der Waals surface area contributed by atoms with Crippen LogP contribution in [0.5, 0.6) is 0 Å². The normalized spacial score (nSPS) is 12.8. The molecule has 0 saturated heterocycles. The summed E-state index contributed by atoms with van der Waals surface area (Å²) in [6.45, 7) is 6.53. The van der Waals surface area contributed by atoms with Crippen LogP contribution in [-0.4, -0.2) is 24.5 Å². The molecule has 0 aromatic carbocycles. The van der Waals surface area contributed by atoms with Crippen LogP contribution in [0, 0.1) is 11.6 Å². The molecule has 0 aliphatic rings. The van der Waals surface area contributed by atoms with E-state index in [9.17, 15) is 18.0 Å². The molecule has 0 aliphatic heterocycles. The van der Waals surface area contributed by atoms with E-state index in [1.54, 1.807) is 0 Å². The van der Waals surface area contributed by atoms with Gasteiger partial charge in [-0.15, -0.1) is 0 Å². The predicted octanol–water partition coefficient (Wildman–Crippen LogP) is 2.27. The van der Waals surface area contributed by atoms with Gasteiger partial charge in [0, 0.05) is 14.7 Å². The van der Waals surface area contributed by atoms with Gasteiger partial charge in [0.2, 0.25) is 0 Å². The molecule has 0 amide bonds. The molecule has 1 heterocycles. The molecule has 1 aromatic rings. The molecule has 0 fully saturated rings. The highest BCUT2D eigenvalue weighted by Crippen LogP contribution is 2.29. The minimum atomic E-state index is -4.78. The smallest absolute Gasteiger partial charge is 0.359 e. The zero-order valence-electron chi connectivity index (χ0n) is 11.5. The fourth-order valence-electron chi connectivity index (χ4n) is 1.36. The van der Waals surface area contributed by atoms with E-state index in [0.29, 0.717) is 11.3 Å². The van der Waals surface area contributed by atoms with E-state index in [0.717, 1.165) is 12.2 Å².